The molecule has 0 amide bonds. The zero-order valence-corrected chi connectivity index (χ0v) is 15.0. The molecule has 0 aliphatic carbocycles. The fourth-order valence-electron chi connectivity index (χ4n) is 2.83. The summed E-state index contributed by atoms with van der Waals surface area (Å²) in [6.07, 6.45) is 0. The molecule has 0 spiro atoms. The molecule has 0 bridgehead atoms. The van der Waals surface area contributed by atoms with Crippen molar-refractivity contribution in [3.8, 4) is 34.6 Å². The van der Waals surface area contributed by atoms with Gasteiger partial charge in [-0.1, -0.05) is 0 Å². The number of nitrogens with zero attached hydrogens (tertiary/aromatic N) is 1. The monoisotopic (exact) mass is 369 g/mol. The Morgan fingerprint density at radius 3 is 2.14 bits per heavy atom. The molecule has 28 heavy (non-hydrogen) atoms. The second-order valence-electron chi connectivity index (χ2n) is 6.10. The number of methoxy groups -OCH3 is 1. The molecule has 0 aliphatic rings. The highest BCUT2D eigenvalue weighted by Gasteiger charge is 2.09. The third kappa shape index (κ3) is 3.44. The van der Waals surface area contributed by atoms with Gasteiger partial charge in [-0.25, -0.2) is 0 Å². The molecule has 0 fully saturated rings. The molecule has 0 N–H and O–H groups in total. The number of rotatable bonds is 4. The van der Waals surface area contributed by atoms with Crippen LogP contribution in [0.2, 0.25) is 0 Å². The first-order valence-electron chi connectivity index (χ1n) is 8.56. The Labute approximate surface area is 161 Å². The van der Waals surface area contributed by atoms with Gasteiger partial charge in [0.15, 0.2) is 5.43 Å². The van der Waals surface area contributed by atoms with E-state index < -0.39 is 0 Å². The van der Waals surface area contributed by atoms with Crippen LogP contribution in [-0.2, 0) is 0 Å². The van der Waals surface area contributed by atoms with Gasteiger partial charge < -0.3 is 13.9 Å². The lowest BCUT2D eigenvalue weighted by atomic mass is 10.1. The van der Waals surface area contributed by atoms with Crippen molar-refractivity contribution >= 4 is 11.0 Å². The number of benzene rings is 3. The second kappa shape index (κ2) is 7.29. The topological polar surface area (TPSA) is 72.5 Å². The first kappa shape index (κ1) is 17.4. The fraction of sp³-hybridized carbons (Fsp3) is 0.0435. The number of hydrogen-bond donors (Lipinski definition) is 0. The number of hydrogen-bond acceptors (Lipinski definition) is 5. The molecule has 1 aromatic heterocycles. The predicted octanol–water partition coefficient (Wildman–Crippen LogP) is 5.13. The molecule has 0 radical (unpaired) electrons. The van der Waals surface area contributed by atoms with E-state index in [0.29, 0.717) is 39.5 Å². The van der Waals surface area contributed by atoms with E-state index >= 15 is 0 Å². The minimum absolute atomic E-state index is 0.131. The predicted molar refractivity (Wildman–Crippen MR) is 106 cm³/mol. The Balaban J connectivity index is 1.61. The van der Waals surface area contributed by atoms with Crippen LogP contribution in [0.15, 0.2) is 82.0 Å². The molecule has 0 aliphatic heterocycles. The van der Waals surface area contributed by atoms with Crippen LogP contribution in [0.5, 0.6) is 17.2 Å². The van der Waals surface area contributed by atoms with Crippen molar-refractivity contribution in [1.29, 1.82) is 5.26 Å². The maximum Gasteiger partial charge on any atom is 0.193 e. The maximum absolute atomic E-state index is 12.4. The Bertz CT molecular complexity index is 1230. The largest absolute Gasteiger partial charge is 0.497 e. The summed E-state index contributed by atoms with van der Waals surface area (Å²) < 4.78 is 16.8. The van der Waals surface area contributed by atoms with Gasteiger partial charge in [-0.15, -0.1) is 0 Å². The minimum Gasteiger partial charge on any atom is -0.497 e. The van der Waals surface area contributed by atoms with Gasteiger partial charge in [-0.05, 0) is 66.7 Å². The zero-order valence-electron chi connectivity index (χ0n) is 15.0. The molecule has 0 saturated heterocycles. The highest BCUT2D eigenvalue weighted by atomic mass is 16.5. The normalized spacial score (nSPS) is 10.4. The average Bonchev–Trinajstić information content (AvgIpc) is 2.74. The van der Waals surface area contributed by atoms with E-state index in [0.717, 1.165) is 5.56 Å². The molecule has 5 heteroatoms. The summed E-state index contributed by atoms with van der Waals surface area (Å²) in [4.78, 5) is 12.4. The van der Waals surface area contributed by atoms with E-state index in [1.807, 2.05) is 12.1 Å². The molecule has 1 heterocycles. The van der Waals surface area contributed by atoms with Crippen LogP contribution in [0.3, 0.4) is 0 Å². The third-order valence-corrected chi connectivity index (χ3v) is 4.29. The van der Waals surface area contributed by atoms with Gasteiger partial charge in [0.2, 0.25) is 0 Å². The first-order chi connectivity index (χ1) is 13.7. The van der Waals surface area contributed by atoms with Crippen LogP contribution in [0.1, 0.15) is 5.56 Å². The standard InChI is InChI=1S/C23H15NO4/c1-26-19-10-11-22-20(12-19)21(25)13-23(28-22)16-4-8-18(9-5-16)27-17-6-2-15(14-24)3-7-17/h2-13H,1H3. The molecule has 0 unspecified atom stereocenters. The smallest absolute Gasteiger partial charge is 0.193 e. The van der Waals surface area contributed by atoms with Crippen LogP contribution >= 0.6 is 0 Å². The first-order valence-corrected chi connectivity index (χ1v) is 8.56. The Morgan fingerprint density at radius 1 is 0.857 bits per heavy atom. The van der Waals surface area contributed by atoms with Gasteiger partial charge in [0.25, 0.3) is 0 Å². The van der Waals surface area contributed by atoms with Gasteiger partial charge in [0, 0.05) is 11.6 Å². The van der Waals surface area contributed by atoms with Crippen molar-refractivity contribution in [2.24, 2.45) is 0 Å². The summed E-state index contributed by atoms with van der Waals surface area (Å²) in [6.45, 7) is 0. The molecule has 0 saturated carbocycles. The number of nitriles is 1. The quantitative estimate of drug-likeness (QED) is 0.498. The highest BCUT2D eigenvalue weighted by molar-refractivity contribution is 5.80. The van der Waals surface area contributed by atoms with E-state index in [1.54, 1.807) is 61.7 Å². The van der Waals surface area contributed by atoms with Crippen LogP contribution < -0.4 is 14.9 Å². The number of fused-ring (bicyclic) bond motifs is 1. The van der Waals surface area contributed by atoms with Crippen molar-refractivity contribution in [1.82, 2.24) is 0 Å². The van der Waals surface area contributed by atoms with E-state index in [4.69, 9.17) is 19.2 Å². The Morgan fingerprint density at radius 2 is 1.50 bits per heavy atom. The van der Waals surface area contributed by atoms with Gasteiger partial charge in [0.05, 0.1) is 24.1 Å². The van der Waals surface area contributed by atoms with Crippen molar-refractivity contribution < 1.29 is 13.9 Å². The van der Waals surface area contributed by atoms with Gasteiger partial charge in [0.1, 0.15) is 28.6 Å². The lowest BCUT2D eigenvalue weighted by Crippen LogP contribution is -2.00. The van der Waals surface area contributed by atoms with E-state index in [-0.39, 0.29) is 5.43 Å². The van der Waals surface area contributed by atoms with Crippen molar-refractivity contribution in [2.45, 2.75) is 0 Å². The van der Waals surface area contributed by atoms with Crippen LogP contribution in [0.25, 0.3) is 22.3 Å². The summed E-state index contributed by atoms with van der Waals surface area (Å²) in [5.74, 6) is 2.36. The van der Waals surface area contributed by atoms with E-state index in [1.165, 1.54) is 6.07 Å². The van der Waals surface area contributed by atoms with E-state index in [2.05, 4.69) is 6.07 Å². The molecular formula is C23H15NO4. The Hall–Kier alpha value is -4.04. The average molecular weight is 369 g/mol. The summed E-state index contributed by atoms with van der Waals surface area (Å²) in [5, 5.41) is 9.32. The van der Waals surface area contributed by atoms with Gasteiger partial charge in [-0.3, -0.25) is 4.79 Å². The summed E-state index contributed by atoms with van der Waals surface area (Å²) >= 11 is 0. The molecule has 3 aromatic carbocycles. The molecule has 5 nitrogen and oxygen atoms in total. The molecular weight excluding hydrogens is 354 g/mol. The number of ether oxygens (including phenoxy) is 2. The minimum atomic E-state index is -0.131. The summed E-state index contributed by atoms with van der Waals surface area (Å²) in [6, 6.07) is 22.8. The summed E-state index contributed by atoms with van der Waals surface area (Å²) in [7, 11) is 1.55. The lowest BCUT2D eigenvalue weighted by Gasteiger charge is -2.08. The van der Waals surface area contributed by atoms with Crippen LogP contribution in [-0.4, -0.2) is 7.11 Å². The van der Waals surface area contributed by atoms with E-state index in [9.17, 15) is 4.79 Å². The van der Waals surface area contributed by atoms with Crippen molar-refractivity contribution in [2.75, 3.05) is 7.11 Å². The van der Waals surface area contributed by atoms with Crippen LogP contribution in [0, 0.1) is 11.3 Å². The third-order valence-electron chi connectivity index (χ3n) is 4.29. The van der Waals surface area contributed by atoms with Crippen molar-refractivity contribution in [3.05, 3.63) is 88.6 Å². The zero-order chi connectivity index (χ0) is 19.5. The van der Waals surface area contributed by atoms with Crippen molar-refractivity contribution in [3.63, 3.8) is 0 Å². The van der Waals surface area contributed by atoms with Crippen LogP contribution in [0.4, 0.5) is 0 Å². The second-order valence-corrected chi connectivity index (χ2v) is 6.10. The highest BCUT2D eigenvalue weighted by Crippen LogP contribution is 2.28. The molecule has 0 atom stereocenters. The molecule has 136 valence electrons. The fourth-order valence-corrected chi connectivity index (χ4v) is 2.83. The van der Waals surface area contributed by atoms with Gasteiger partial charge in [-0.2, -0.15) is 5.26 Å². The SMILES string of the molecule is COc1ccc2oc(-c3ccc(Oc4ccc(C#N)cc4)cc3)cc(=O)c2c1. The molecule has 4 aromatic rings. The lowest BCUT2D eigenvalue weighted by molar-refractivity contribution is 0.415. The Kier molecular flexibility index (Phi) is 4.53. The summed E-state index contributed by atoms with van der Waals surface area (Å²) in [5.41, 5.74) is 1.71. The van der Waals surface area contributed by atoms with Gasteiger partial charge >= 0.3 is 0 Å². The molecule has 4 rings (SSSR count). The maximum atomic E-state index is 12.4.